The van der Waals surface area contributed by atoms with E-state index in [0.29, 0.717) is 11.6 Å². The molecular formula is C13H14N6OS. The average Bonchev–Trinajstić information content (AvgIpc) is 2.76. The van der Waals surface area contributed by atoms with Crippen LogP contribution in [0.2, 0.25) is 0 Å². The van der Waals surface area contributed by atoms with E-state index >= 15 is 0 Å². The molecule has 0 spiro atoms. The molecule has 0 atom stereocenters. The summed E-state index contributed by atoms with van der Waals surface area (Å²) in [4.78, 5) is 26.3. The van der Waals surface area contributed by atoms with Gasteiger partial charge >= 0.3 is 5.69 Å². The molecule has 0 bridgehead atoms. The van der Waals surface area contributed by atoms with Crippen molar-refractivity contribution in [2.45, 2.75) is 20.4 Å². The van der Waals surface area contributed by atoms with Gasteiger partial charge in [0.15, 0.2) is 11.6 Å². The third-order valence-electron chi connectivity index (χ3n) is 3.31. The SMILES string of the molecule is Cc1sc2nc(Cn3cccnc3=O)nc(NN)c2c1C. The number of nitrogens with two attached hydrogens (primary N) is 1. The van der Waals surface area contributed by atoms with Gasteiger partial charge in [0.25, 0.3) is 0 Å². The summed E-state index contributed by atoms with van der Waals surface area (Å²) in [5.41, 5.74) is 3.40. The number of fused-ring (bicyclic) bond motifs is 1. The lowest BCUT2D eigenvalue weighted by molar-refractivity contribution is 0.694. The average molecular weight is 302 g/mol. The predicted octanol–water partition coefficient (Wildman–Crippen LogP) is 1.20. The molecule has 0 saturated carbocycles. The lowest BCUT2D eigenvalue weighted by atomic mass is 10.2. The second-order valence-corrected chi connectivity index (χ2v) is 5.83. The minimum Gasteiger partial charge on any atom is -0.308 e. The summed E-state index contributed by atoms with van der Waals surface area (Å²) in [6, 6.07) is 1.70. The quantitative estimate of drug-likeness (QED) is 0.557. The maximum Gasteiger partial charge on any atom is 0.347 e. The van der Waals surface area contributed by atoms with Gasteiger partial charge in [-0.2, -0.15) is 0 Å². The number of hydrogen-bond donors (Lipinski definition) is 2. The number of thiophene rings is 1. The van der Waals surface area contributed by atoms with Crippen molar-refractivity contribution >= 4 is 27.4 Å². The fourth-order valence-corrected chi connectivity index (χ4v) is 3.18. The van der Waals surface area contributed by atoms with Crippen molar-refractivity contribution in [3.05, 3.63) is 45.2 Å². The van der Waals surface area contributed by atoms with Crippen LogP contribution in [0, 0.1) is 13.8 Å². The highest BCUT2D eigenvalue weighted by molar-refractivity contribution is 7.18. The van der Waals surface area contributed by atoms with Gasteiger partial charge in [0.05, 0.1) is 11.9 Å². The Kier molecular flexibility index (Phi) is 3.40. The van der Waals surface area contributed by atoms with E-state index in [2.05, 4.69) is 20.4 Å². The van der Waals surface area contributed by atoms with Gasteiger partial charge in [0, 0.05) is 17.3 Å². The van der Waals surface area contributed by atoms with E-state index < -0.39 is 0 Å². The Morgan fingerprint density at radius 1 is 1.38 bits per heavy atom. The molecule has 0 aliphatic carbocycles. The van der Waals surface area contributed by atoms with E-state index in [1.54, 1.807) is 23.6 Å². The van der Waals surface area contributed by atoms with Gasteiger partial charge < -0.3 is 5.43 Å². The van der Waals surface area contributed by atoms with E-state index in [4.69, 9.17) is 5.84 Å². The number of aryl methyl sites for hydroxylation is 2. The fraction of sp³-hybridized carbons (Fsp3) is 0.231. The summed E-state index contributed by atoms with van der Waals surface area (Å²) >= 11 is 1.59. The van der Waals surface area contributed by atoms with Crippen molar-refractivity contribution in [2.24, 2.45) is 5.84 Å². The van der Waals surface area contributed by atoms with Crippen LogP contribution >= 0.6 is 11.3 Å². The Morgan fingerprint density at radius 2 is 2.19 bits per heavy atom. The zero-order chi connectivity index (χ0) is 15.0. The van der Waals surface area contributed by atoms with Crippen LogP contribution in [-0.2, 0) is 6.54 Å². The molecule has 0 aromatic carbocycles. The highest BCUT2D eigenvalue weighted by Crippen LogP contribution is 2.32. The monoisotopic (exact) mass is 302 g/mol. The van der Waals surface area contributed by atoms with Gasteiger partial charge in [-0.1, -0.05) is 0 Å². The van der Waals surface area contributed by atoms with E-state index in [9.17, 15) is 4.79 Å². The van der Waals surface area contributed by atoms with Crippen LogP contribution in [0.4, 0.5) is 5.82 Å². The molecule has 3 aromatic heterocycles. The number of nitrogens with zero attached hydrogens (tertiary/aromatic N) is 4. The number of hydrogen-bond acceptors (Lipinski definition) is 7. The molecule has 7 nitrogen and oxygen atoms in total. The molecule has 21 heavy (non-hydrogen) atoms. The first-order valence-corrected chi connectivity index (χ1v) is 7.16. The highest BCUT2D eigenvalue weighted by atomic mass is 32.1. The molecule has 3 heterocycles. The number of aromatic nitrogens is 4. The van der Waals surface area contributed by atoms with Crippen molar-refractivity contribution in [3.63, 3.8) is 0 Å². The number of rotatable bonds is 3. The maximum atomic E-state index is 11.7. The lowest BCUT2D eigenvalue weighted by Crippen LogP contribution is -2.23. The fourth-order valence-electron chi connectivity index (χ4n) is 2.13. The zero-order valence-corrected chi connectivity index (χ0v) is 12.4. The van der Waals surface area contributed by atoms with E-state index in [1.807, 2.05) is 13.8 Å². The van der Waals surface area contributed by atoms with Crippen molar-refractivity contribution in [1.82, 2.24) is 19.5 Å². The Morgan fingerprint density at radius 3 is 2.90 bits per heavy atom. The minimum absolute atomic E-state index is 0.257. The molecule has 3 rings (SSSR count). The van der Waals surface area contributed by atoms with Crippen LogP contribution in [0.5, 0.6) is 0 Å². The second-order valence-electron chi connectivity index (χ2n) is 4.63. The molecular weight excluding hydrogens is 288 g/mol. The van der Waals surface area contributed by atoms with Crippen LogP contribution in [0.1, 0.15) is 16.3 Å². The first kappa shape index (κ1) is 13.7. The lowest BCUT2D eigenvalue weighted by Gasteiger charge is -2.07. The second kappa shape index (κ2) is 5.23. The molecule has 108 valence electrons. The third-order valence-corrected chi connectivity index (χ3v) is 4.41. The van der Waals surface area contributed by atoms with Gasteiger partial charge in [0.2, 0.25) is 0 Å². The number of nitrogens with one attached hydrogen (secondary N) is 1. The molecule has 0 amide bonds. The largest absolute Gasteiger partial charge is 0.347 e. The Bertz CT molecular complexity index is 869. The Balaban J connectivity index is 2.12. The van der Waals surface area contributed by atoms with Crippen molar-refractivity contribution in [1.29, 1.82) is 0 Å². The molecule has 3 aromatic rings. The van der Waals surface area contributed by atoms with Crippen LogP contribution in [0.3, 0.4) is 0 Å². The van der Waals surface area contributed by atoms with Crippen molar-refractivity contribution in [3.8, 4) is 0 Å². The van der Waals surface area contributed by atoms with Gasteiger partial charge in [-0.3, -0.25) is 4.57 Å². The smallest absolute Gasteiger partial charge is 0.308 e. The topological polar surface area (TPSA) is 98.7 Å². The van der Waals surface area contributed by atoms with Crippen LogP contribution in [-0.4, -0.2) is 19.5 Å². The standard InChI is InChI=1S/C13H14N6OS/c1-7-8(2)21-12-10(7)11(18-14)16-9(17-12)6-19-5-3-4-15-13(19)20/h3-5H,6,14H2,1-2H3,(H,16,17,18). The van der Waals surface area contributed by atoms with Crippen LogP contribution < -0.4 is 17.0 Å². The van der Waals surface area contributed by atoms with Gasteiger partial charge in [0.1, 0.15) is 4.83 Å². The van der Waals surface area contributed by atoms with E-state index in [-0.39, 0.29) is 12.2 Å². The third kappa shape index (κ3) is 2.39. The van der Waals surface area contributed by atoms with Crippen molar-refractivity contribution in [2.75, 3.05) is 5.43 Å². The summed E-state index contributed by atoms with van der Waals surface area (Å²) < 4.78 is 1.45. The first-order chi connectivity index (χ1) is 10.1. The summed E-state index contributed by atoms with van der Waals surface area (Å²) in [5, 5.41) is 0.933. The zero-order valence-electron chi connectivity index (χ0n) is 11.6. The van der Waals surface area contributed by atoms with E-state index in [1.165, 1.54) is 15.6 Å². The van der Waals surface area contributed by atoms with E-state index in [0.717, 1.165) is 15.8 Å². The number of nitrogen functional groups attached to an aromatic ring is 1. The summed E-state index contributed by atoms with van der Waals surface area (Å²) in [7, 11) is 0. The summed E-state index contributed by atoms with van der Waals surface area (Å²) in [6.45, 7) is 4.31. The molecule has 0 unspecified atom stereocenters. The predicted molar refractivity (Wildman–Crippen MR) is 82.3 cm³/mol. The normalized spacial score (nSPS) is 11.0. The van der Waals surface area contributed by atoms with Crippen LogP contribution in [0.15, 0.2) is 23.3 Å². The Labute approximate surface area is 124 Å². The minimum atomic E-state index is -0.331. The molecule has 3 N–H and O–H groups in total. The molecule has 0 fully saturated rings. The first-order valence-electron chi connectivity index (χ1n) is 6.35. The molecule has 0 aliphatic heterocycles. The molecule has 0 radical (unpaired) electrons. The van der Waals surface area contributed by atoms with Crippen molar-refractivity contribution < 1.29 is 0 Å². The van der Waals surface area contributed by atoms with Gasteiger partial charge in [-0.05, 0) is 25.5 Å². The van der Waals surface area contributed by atoms with Gasteiger partial charge in [-0.15, -0.1) is 11.3 Å². The molecule has 0 saturated heterocycles. The maximum absolute atomic E-state index is 11.7. The van der Waals surface area contributed by atoms with Crippen LogP contribution in [0.25, 0.3) is 10.2 Å². The molecule has 8 heteroatoms. The Hall–Kier alpha value is -2.32. The summed E-state index contributed by atoms with van der Waals surface area (Å²) in [5.74, 6) is 6.67. The number of hydrazine groups is 1. The highest BCUT2D eigenvalue weighted by Gasteiger charge is 2.14. The number of anilines is 1. The summed E-state index contributed by atoms with van der Waals surface area (Å²) in [6.07, 6.45) is 3.12. The van der Waals surface area contributed by atoms with Gasteiger partial charge in [-0.25, -0.2) is 25.6 Å². The molecule has 0 aliphatic rings.